The van der Waals surface area contributed by atoms with Crippen molar-refractivity contribution in [1.29, 1.82) is 0 Å². The number of hydrogen-bond acceptors (Lipinski definition) is 5. The molecule has 0 aliphatic rings. The monoisotopic (exact) mass is 304 g/mol. The van der Waals surface area contributed by atoms with Gasteiger partial charge in [0, 0.05) is 19.3 Å². The summed E-state index contributed by atoms with van der Waals surface area (Å²) in [5.74, 6) is -0.780. The van der Waals surface area contributed by atoms with E-state index in [0.717, 1.165) is 5.56 Å². The first-order chi connectivity index (χ1) is 10.1. The second kappa shape index (κ2) is 6.90. The van der Waals surface area contributed by atoms with Crippen molar-refractivity contribution in [3.63, 3.8) is 0 Å². The first-order valence-corrected chi connectivity index (χ1v) is 7.28. The first-order valence-electron chi connectivity index (χ1n) is 6.34. The molecule has 0 saturated carbocycles. The Kier molecular flexibility index (Phi) is 4.94. The van der Waals surface area contributed by atoms with Crippen molar-refractivity contribution in [2.24, 2.45) is 0 Å². The highest BCUT2D eigenvalue weighted by Gasteiger charge is 2.13. The van der Waals surface area contributed by atoms with E-state index in [0.29, 0.717) is 17.8 Å². The summed E-state index contributed by atoms with van der Waals surface area (Å²) < 4.78 is 5.00. The maximum Gasteiger partial charge on any atom is 0.338 e. The average molecular weight is 304 g/mol. The van der Waals surface area contributed by atoms with Crippen molar-refractivity contribution in [3.05, 3.63) is 52.2 Å². The number of carbonyl (C=O) groups excluding carboxylic acids is 2. The third-order valence-electron chi connectivity index (χ3n) is 2.90. The standard InChI is InChI=1S/C15H16N2O3S/c1-17(8-11-6-7-21-10-11)14(18)9-20-15(19)12-2-4-13(16)5-3-12/h2-7,10H,8-9,16H2,1H3. The second-order valence-electron chi connectivity index (χ2n) is 4.58. The van der Waals surface area contributed by atoms with Crippen LogP contribution in [0.1, 0.15) is 15.9 Å². The molecule has 0 unspecified atom stereocenters. The number of likely N-dealkylation sites (N-methyl/N-ethyl adjacent to an activating group) is 1. The molecule has 1 amide bonds. The summed E-state index contributed by atoms with van der Waals surface area (Å²) in [4.78, 5) is 25.2. The zero-order valence-electron chi connectivity index (χ0n) is 11.6. The smallest absolute Gasteiger partial charge is 0.338 e. The highest BCUT2D eigenvalue weighted by molar-refractivity contribution is 7.07. The lowest BCUT2D eigenvalue weighted by molar-refractivity contribution is -0.133. The summed E-state index contributed by atoms with van der Waals surface area (Å²) in [6.45, 7) is 0.228. The molecule has 6 heteroatoms. The van der Waals surface area contributed by atoms with Gasteiger partial charge in [0.25, 0.3) is 5.91 Å². The van der Waals surface area contributed by atoms with Crippen molar-refractivity contribution in [1.82, 2.24) is 4.90 Å². The number of nitrogens with two attached hydrogens (primary N) is 1. The van der Waals surface area contributed by atoms with Crippen LogP contribution >= 0.6 is 11.3 Å². The van der Waals surface area contributed by atoms with E-state index in [1.807, 2.05) is 16.8 Å². The Balaban J connectivity index is 1.83. The van der Waals surface area contributed by atoms with Crippen LogP contribution in [0.4, 0.5) is 5.69 Å². The Labute approximate surface area is 126 Å². The molecule has 5 nitrogen and oxygen atoms in total. The molecule has 0 saturated heterocycles. The normalized spacial score (nSPS) is 10.1. The Bertz CT molecular complexity index is 608. The molecule has 0 radical (unpaired) electrons. The summed E-state index contributed by atoms with van der Waals surface area (Å²) in [6, 6.07) is 8.31. The third kappa shape index (κ3) is 4.32. The summed E-state index contributed by atoms with van der Waals surface area (Å²) in [6.07, 6.45) is 0. The number of esters is 1. The summed E-state index contributed by atoms with van der Waals surface area (Å²) >= 11 is 1.58. The number of ether oxygens (including phenoxy) is 1. The van der Waals surface area contributed by atoms with Gasteiger partial charge in [0.05, 0.1) is 5.56 Å². The Morgan fingerprint density at radius 3 is 2.57 bits per heavy atom. The number of nitrogen functional groups attached to an aromatic ring is 1. The van der Waals surface area contributed by atoms with Gasteiger partial charge in [-0.1, -0.05) is 0 Å². The molecular formula is C15H16N2O3S. The van der Waals surface area contributed by atoms with Crippen LogP contribution in [0.15, 0.2) is 41.1 Å². The zero-order valence-corrected chi connectivity index (χ0v) is 12.4. The number of nitrogens with zero attached hydrogens (tertiary/aromatic N) is 1. The number of thiophene rings is 1. The lowest BCUT2D eigenvalue weighted by Gasteiger charge is -2.16. The lowest BCUT2D eigenvalue weighted by atomic mass is 10.2. The molecule has 0 fully saturated rings. The molecule has 2 aromatic rings. The molecule has 0 aliphatic heterocycles. The number of rotatable bonds is 5. The minimum absolute atomic E-state index is 0.245. The van der Waals surface area contributed by atoms with Crippen LogP contribution in [0.2, 0.25) is 0 Å². The summed E-state index contributed by atoms with van der Waals surface area (Å²) in [7, 11) is 1.68. The van der Waals surface area contributed by atoms with E-state index in [4.69, 9.17) is 10.5 Å². The van der Waals surface area contributed by atoms with E-state index < -0.39 is 5.97 Å². The van der Waals surface area contributed by atoms with Gasteiger partial charge < -0.3 is 15.4 Å². The van der Waals surface area contributed by atoms with Crippen molar-refractivity contribution >= 4 is 28.9 Å². The van der Waals surface area contributed by atoms with Crippen LogP contribution in [0, 0.1) is 0 Å². The topological polar surface area (TPSA) is 72.6 Å². The van der Waals surface area contributed by atoms with Gasteiger partial charge in [-0.25, -0.2) is 4.79 Å². The quantitative estimate of drug-likeness (QED) is 0.678. The average Bonchev–Trinajstić information content (AvgIpc) is 2.98. The third-order valence-corrected chi connectivity index (χ3v) is 3.63. The SMILES string of the molecule is CN(Cc1ccsc1)C(=O)COC(=O)c1ccc(N)cc1. The predicted molar refractivity (Wildman–Crippen MR) is 81.9 cm³/mol. The molecule has 1 heterocycles. The van der Waals surface area contributed by atoms with E-state index in [-0.39, 0.29) is 12.5 Å². The van der Waals surface area contributed by atoms with E-state index >= 15 is 0 Å². The highest BCUT2D eigenvalue weighted by Crippen LogP contribution is 2.09. The molecular weight excluding hydrogens is 288 g/mol. The summed E-state index contributed by atoms with van der Waals surface area (Å²) in [5.41, 5.74) is 7.54. The Hall–Kier alpha value is -2.34. The molecule has 0 spiro atoms. The van der Waals surface area contributed by atoms with E-state index in [1.165, 1.54) is 4.90 Å². The molecule has 0 aliphatic carbocycles. The Morgan fingerprint density at radius 1 is 1.24 bits per heavy atom. The lowest BCUT2D eigenvalue weighted by Crippen LogP contribution is -2.30. The van der Waals surface area contributed by atoms with Gasteiger partial charge in [-0.15, -0.1) is 0 Å². The molecule has 110 valence electrons. The largest absolute Gasteiger partial charge is 0.452 e. The van der Waals surface area contributed by atoms with Gasteiger partial charge in [-0.2, -0.15) is 11.3 Å². The van der Waals surface area contributed by atoms with Crippen molar-refractivity contribution in [2.45, 2.75) is 6.54 Å². The predicted octanol–water partition coefficient (Wildman–Crippen LogP) is 2.15. The van der Waals surface area contributed by atoms with Crippen LogP contribution in [0.5, 0.6) is 0 Å². The van der Waals surface area contributed by atoms with E-state index in [9.17, 15) is 9.59 Å². The maximum absolute atomic E-state index is 11.9. The van der Waals surface area contributed by atoms with Gasteiger partial charge in [0.2, 0.25) is 0 Å². The number of hydrogen-bond donors (Lipinski definition) is 1. The van der Waals surface area contributed by atoms with E-state index in [2.05, 4.69) is 0 Å². The van der Waals surface area contributed by atoms with Crippen LogP contribution in [0.25, 0.3) is 0 Å². The van der Waals surface area contributed by atoms with Gasteiger partial charge in [0.1, 0.15) is 0 Å². The van der Waals surface area contributed by atoms with Gasteiger partial charge in [0.15, 0.2) is 6.61 Å². The molecule has 1 aromatic carbocycles. The number of benzene rings is 1. The van der Waals surface area contributed by atoms with Gasteiger partial charge in [-0.05, 0) is 46.7 Å². The highest BCUT2D eigenvalue weighted by atomic mass is 32.1. The fraction of sp³-hybridized carbons (Fsp3) is 0.200. The van der Waals surface area contributed by atoms with Gasteiger partial charge >= 0.3 is 5.97 Å². The second-order valence-corrected chi connectivity index (χ2v) is 5.36. The minimum atomic E-state index is -0.535. The molecule has 2 N–H and O–H groups in total. The number of anilines is 1. The van der Waals surface area contributed by atoms with Crippen LogP contribution < -0.4 is 5.73 Å². The first kappa shape index (κ1) is 15.1. The van der Waals surface area contributed by atoms with Crippen molar-refractivity contribution < 1.29 is 14.3 Å². The van der Waals surface area contributed by atoms with Crippen molar-refractivity contribution in [3.8, 4) is 0 Å². The fourth-order valence-corrected chi connectivity index (χ4v) is 2.34. The van der Waals surface area contributed by atoms with Crippen molar-refractivity contribution in [2.75, 3.05) is 19.4 Å². The number of amides is 1. The number of carbonyl (C=O) groups is 2. The van der Waals surface area contributed by atoms with Crippen LogP contribution in [-0.2, 0) is 16.1 Å². The minimum Gasteiger partial charge on any atom is -0.452 e. The molecule has 0 bridgehead atoms. The van der Waals surface area contributed by atoms with Gasteiger partial charge in [-0.3, -0.25) is 4.79 Å². The molecule has 2 rings (SSSR count). The molecule has 21 heavy (non-hydrogen) atoms. The zero-order chi connectivity index (χ0) is 15.2. The summed E-state index contributed by atoms with van der Waals surface area (Å²) in [5, 5.41) is 3.93. The van der Waals surface area contributed by atoms with E-state index in [1.54, 1.807) is 42.6 Å². The fourth-order valence-electron chi connectivity index (χ4n) is 1.68. The Morgan fingerprint density at radius 2 is 1.95 bits per heavy atom. The maximum atomic E-state index is 11.9. The van der Waals surface area contributed by atoms with Crippen LogP contribution in [-0.4, -0.2) is 30.4 Å². The molecule has 0 atom stereocenters. The molecule has 1 aromatic heterocycles. The van der Waals surface area contributed by atoms with Crippen LogP contribution in [0.3, 0.4) is 0 Å².